The molecule has 1 atom stereocenters. The second kappa shape index (κ2) is 5.57. The van der Waals surface area contributed by atoms with E-state index in [9.17, 15) is 4.39 Å². The van der Waals surface area contributed by atoms with Crippen molar-refractivity contribution in [2.75, 3.05) is 7.11 Å². The lowest BCUT2D eigenvalue weighted by molar-refractivity contribution is 0.386. The van der Waals surface area contributed by atoms with E-state index in [0.717, 1.165) is 9.35 Å². The van der Waals surface area contributed by atoms with E-state index in [-0.39, 0.29) is 5.75 Å². The molecule has 0 bridgehead atoms. The second-order valence-corrected chi connectivity index (χ2v) is 6.18. The van der Waals surface area contributed by atoms with Crippen LogP contribution in [-0.2, 0) is 0 Å². The number of ether oxygens (including phenoxy) is 1. The number of halogens is 3. The summed E-state index contributed by atoms with van der Waals surface area (Å²) in [6.07, 6.45) is 0. The summed E-state index contributed by atoms with van der Waals surface area (Å²) in [4.78, 5) is 0.872. The Hall–Kier alpha value is -0.620. The SMILES string of the molecule is COc1ccc(C(N)c2cc(Br)c(Cl)s2)cc1F. The number of rotatable bonds is 3. The van der Waals surface area contributed by atoms with Gasteiger partial charge in [-0.15, -0.1) is 11.3 Å². The van der Waals surface area contributed by atoms with Crippen molar-refractivity contribution in [2.45, 2.75) is 6.04 Å². The quantitative estimate of drug-likeness (QED) is 0.892. The lowest BCUT2D eigenvalue weighted by atomic mass is 10.1. The number of hydrogen-bond acceptors (Lipinski definition) is 3. The van der Waals surface area contributed by atoms with Gasteiger partial charge in [0.2, 0.25) is 0 Å². The minimum atomic E-state index is -0.424. The third kappa shape index (κ3) is 2.69. The monoisotopic (exact) mass is 349 g/mol. The molecule has 0 fully saturated rings. The summed E-state index contributed by atoms with van der Waals surface area (Å²) in [5.41, 5.74) is 6.76. The van der Waals surface area contributed by atoms with Crippen molar-refractivity contribution in [1.82, 2.24) is 0 Å². The molecule has 1 aromatic carbocycles. The van der Waals surface area contributed by atoms with Crippen molar-refractivity contribution in [1.29, 1.82) is 0 Å². The van der Waals surface area contributed by atoms with Crippen LogP contribution in [0.1, 0.15) is 16.5 Å². The van der Waals surface area contributed by atoms with Gasteiger partial charge < -0.3 is 10.5 Å². The first-order valence-corrected chi connectivity index (χ1v) is 7.05. The van der Waals surface area contributed by atoms with Crippen LogP contribution in [0, 0.1) is 5.82 Å². The number of methoxy groups -OCH3 is 1. The normalized spacial score (nSPS) is 12.5. The fourth-order valence-corrected chi connectivity index (χ4v) is 3.32. The van der Waals surface area contributed by atoms with Crippen molar-refractivity contribution < 1.29 is 9.13 Å². The van der Waals surface area contributed by atoms with Gasteiger partial charge in [0.25, 0.3) is 0 Å². The first-order valence-electron chi connectivity index (χ1n) is 5.06. The average Bonchev–Trinajstić information content (AvgIpc) is 2.68. The smallest absolute Gasteiger partial charge is 0.165 e. The largest absolute Gasteiger partial charge is 0.494 e. The summed E-state index contributed by atoms with van der Waals surface area (Å²) in [5, 5.41) is 0. The molecule has 2 N–H and O–H groups in total. The number of benzene rings is 1. The van der Waals surface area contributed by atoms with Crippen molar-refractivity contribution in [3.05, 3.63) is 49.3 Å². The molecule has 0 amide bonds. The molecule has 2 rings (SSSR count). The fourth-order valence-electron chi connectivity index (χ4n) is 1.56. The molecule has 0 aliphatic rings. The van der Waals surface area contributed by atoms with Crippen LogP contribution >= 0.6 is 38.9 Å². The Morgan fingerprint density at radius 3 is 2.67 bits per heavy atom. The van der Waals surface area contributed by atoms with Crippen molar-refractivity contribution >= 4 is 38.9 Å². The first kappa shape index (κ1) is 13.8. The van der Waals surface area contributed by atoms with Gasteiger partial charge in [-0.05, 0) is 39.7 Å². The zero-order chi connectivity index (χ0) is 13.3. The van der Waals surface area contributed by atoms with E-state index in [1.54, 1.807) is 12.1 Å². The van der Waals surface area contributed by atoms with Crippen LogP contribution in [0.15, 0.2) is 28.7 Å². The summed E-state index contributed by atoms with van der Waals surface area (Å²) in [7, 11) is 1.42. The van der Waals surface area contributed by atoms with E-state index in [4.69, 9.17) is 22.1 Å². The molecule has 0 saturated heterocycles. The highest BCUT2D eigenvalue weighted by molar-refractivity contribution is 9.10. The molecule has 1 heterocycles. The number of hydrogen-bond donors (Lipinski definition) is 1. The lowest BCUT2D eigenvalue weighted by Gasteiger charge is -2.11. The molecule has 1 aromatic heterocycles. The topological polar surface area (TPSA) is 35.2 Å². The van der Waals surface area contributed by atoms with E-state index in [1.165, 1.54) is 24.5 Å². The Kier molecular flexibility index (Phi) is 4.27. The fraction of sp³-hybridized carbons (Fsp3) is 0.167. The minimum absolute atomic E-state index is 0.205. The van der Waals surface area contributed by atoms with Gasteiger partial charge in [-0.25, -0.2) is 4.39 Å². The van der Waals surface area contributed by atoms with Gasteiger partial charge in [0.1, 0.15) is 4.34 Å². The summed E-state index contributed by atoms with van der Waals surface area (Å²) in [6.45, 7) is 0. The van der Waals surface area contributed by atoms with Crippen molar-refractivity contribution in [2.24, 2.45) is 5.73 Å². The summed E-state index contributed by atoms with van der Waals surface area (Å²) < 4.78 is 19.9. The van der Waals surface area contributed by atoms with Crippen molar-refractivity contribution in [3.63, 3.8) is 0 Å². The summed E-state index contributed by atoms with van der Waals surface area (Å²) in [5.74, 6) is -0.219. The lowest BCUT2D eigenvalue weighted by Crippen LogP contribution is -2.10. The van der Waals surface area contributed by atoms with Crippen LogP contribution in [0.5, 0.6) is 5.75 Å². The van der Waals surface area contributed by atoms with E-state index in [0.29, 0.717) is 9.90 Å². The molecule has 0 saturated carbocycles. The molecule has 96 valence electrons. The molecule has 6 heteroatoms. The molecular formula is C12H10BrClFNOS. The van der Waals surface area contributed by atoms with Gasteiger partial charge in [0.15, 0.2) is 11.6 Å². The maximum Gasteiger partial charge on any atom is 0.165 e. The summed E-state index contributed by atoms with van der Waals surface area (Å²) in [6, 6.07) is 6.13. The van der Waals surface area contributed by atoms with Crippen LogP contribution in [0.3, 0.4) is 0 Å². The first-order chi connectivity index (χ1) is 8.52. The standard InChI is InChI=1S/C12H10BrClFNOS/c1-17-9-3-2-6(4-8(9)15)11(16)10-5-7(13)12(14)18-10/h2-5,11H,16H2,1H3. The number of nitrogens with two attached hydrogens (primary N) is 1. The van der Waals surface area contributed by atoms with Gasteiger partial charge in [-0.1, -0.05) is 17.7 Å². The Morgan fingerprint density at radius 1 is 1.44 bits per heavy atom. The van der Waals surface area contributed by atoms with Gasteiger partial charge in [0.05, 0.1) is 13.2 Å². The van der Waals surface area contributed by atoms with E-state index in [2.05, 4.69) is 15.9 Å². The van der Waals surface area contributed by atoms with Crippen LogP contribution in [-0.4, -0.2) is 7.11 Å². The Labute approximate surface area is 122 Å². The highest BCUT2D eigenvalue weighted by Crippen LogP contribution is 2.36. The average molecular weight is 351 g/mol. The zero-order valence-electron chi connectivity index (χ0n) is 9.41. The third-order valence-electron chi connectivity index (χ3n) is 2.51. The zero-order valence-corrected chi connectivity index (χ0v) is 12.6. The minimum Gasteiger partial charge on any atom is -0.494 e. The number of thiophene rings is 1. The van der Waals surface area contributed by atoms with Crippen molar-refractivity contribution in [3.8, 4) is 5.75 Å². The molecule has 1 unspecified atom stereocenters. The van der Waals surface area contributed by atoms with E-state index < -0.39 is 11.9 Å². The molecule has 2 nitrogen and oxygen atoms in total. The van der Waals surface area contributed by atoms with Crippen LogP contribution < -0.4 is 10.5 Å². The maximum absolute atomic E-state index is 13.6. The Morgan fingerprint density at radius 2 is 2.17 bits per heavy atom. The Bertz CT molecular complexity index is 556. The molecule has 2 aromatic rings. The molecule has 0 radical (unpaired) electrons. The highest BCUT2D eigenvalue weighted by atomic mass is 79.9. The highest BCUT2D eigenvalue weighted by Gasteiger charge is 2.15. The molecule has 0 aliphatic heterocycles. The predicted molar refractivity (Wildman–Crippen MR) is 76.0 cm³/mol. The summed E-state index contributed by atoms with van der Waals surface area (Å²) >= 11 is 10.7. The molecule has 0 spiro atoms. The molecular weight excluding hydrogens is 341 g/mol. The van der Waals surface area contributed by atoms with Crippen LogP contribution in [0.2, 0.25) is 4.34 Å². The van der Waals surface area contributed by atoms with Crippen LogP contribution in [0.25, 0.3) is 0 Å². The van der Waals surface area contributed by atoms with Gasteiger partial charge in [-0.2, -0.15) is 0 Å². The van der Waals surface area contributed by atoms with E-state index in [1.807, 2.05) is 6.07 Å². The van der Waals surface area contributed by atoms with E-state index >= 15 is 0 Å². The molecule has 0 aliphatic carbocycles. The van der Waals surface area contributed by atoms with Crippen LogP contribution in [0.4, 0.5) is 4.39 Å². The molecule has 18 heavy (non-hydrogen) atoms. The maximum atomic E-state index is 13.6. The predicted octanol–water partition coefficient (Wildman–Crippen LogP) is 4.36. The third-order valence-corrected chi connectivity index (χ3v) is 5.06. The van der Waals surface area contributed by atoms with Gasteiger partial charge in [0, 0.05) is 9.35 Å². The van der Waals surface area contributed by atoms with Gasteiger partial charge in [-0.3, -0.25) is 0 Å². The Balaban J connectivity index is 2.33. The van der Waals surface area contributed by atoms with Gasteiger partial charge >= 0.3 is 0 Å². The second-order valence-electron chi connectivity index (χ2n) is 3.64.